The van der Waals surface area contributed by atoms with Crippen LogP contribution >= 0.6 is 11.3 Å². The van der Waals surface area contributed by atoms with E-state index in [1.807, 2.05) is 13.8 Å². The van der Waals surface area contributed by atoms with E-state index in [-0.39, 0.29) is 5.91 Å². The van der Waals surface area contributed by atoms with Crippen molar-refractivity contribution in [2.24, 2.45) is 5.92 Å². The lowest BCUT2D eigenvalue weighted by atomic mass is 9.96. The molecule has 0 bridgehead atoms. The van der Waals surface area contributed by atoms with Gasteiger partial charge in [0.25, 0.3) is 0 Å². The number of nitrogens with one attached hydrogen (secondary N) is 2. The van der Waals surface area contributed by atoms with E-state index in [0.29, 0.717) is 22.9 Å². The minimum atomic E-state index is 0.0199. The quantitative estimate of drug-likeness (QED) is 0.892. The molecule has 2 heterocycles. The van der Waals surface area contributed by atoms with Crippen molar-refractivity contribution in [2.75, 3.05) is 18.4 Å². The Hall–Kier alpha value is -1.38. The van der Waals surface area contributed by atoms with Gasteiger partial charge in [-0.2, -0.15) is 5.26 Å². The van der Waals surface area contributed by atoms with Gasteiger partial charge < -0.3 is 10.6 Å². The average molecular weight is 277 g/mol. The van der Waals surface area contributed by atoms with Gasteiger partial charge in [-0.05, 0) is 51.3 Å². The van der Waals surface area contributed by atoms with Crippen LogP contribution in [0.1, 0.15) is 35.3 Å². The van der Waals surface area contributed by atoms with Crippen LogP contribution in [0.5, 0.6) is 0 Å². The van der Waals surface area contributed by atoms with Crippen molar-refractivity contribution >= 4 is 22.2 Å². The van der Waals surface area contributed by atoms with Crippen molar-refractivity contribution < 1.29 is 4.79 Å². The molecular formula is C14H19N3OS. The Kier molecular flexibility index (Phi) is 4.56. The second-order valence-electron chi connectivity index (χ2n) is 5.06. The fourth-order valence-corrected chi connectivity index (χ4v) is 3.41. The van der Waals surface area contributed by atoms with Gasteiger partial charge in [0.05, 0.1) is 5.56 Å². The summed E-state index contributed by atoms with van der Waals surface area (Å²) < 4.78 is 0. The Balaban J connectivity index is 1.99. The van der Waals surface area contributed by atoms with Crippen LogP contribution in [0.3, 0.4) is 0 Å². The van der Waals surface area contributed by atoms with E-state index in [1.54, 1.807) is 0 Å². The van der Waals surface area contributed by atoms with Gasteiger partial charge in [0.2, 0.25) is 5.91 Å². The van der Waals surface area contributed by atoms with E-state index in [9.17, 15) is 4.79 Å². The SMILES string of the molecule is Cc1sc(NC(=O)CC2CCCNC2)c(C#N)c1C. The number of carbonyl (C=O) groups is 1. The molecule has 0 radical (unpaired) electrons. The second-order valence-corrected chi connectivity index (χ2v) is 6.29. The molecule has 2 N–H and O–H groups in total. The minimum Gasteiger partial charge on any atom is -0.317 e. The molecule has 1 fully saturated rings. The Morgan fingerprint density at radius 2 is 2.37 bits per heavy atom. The maximum Gasteiger partial charge on any atom is 0.225 e. The first kappa shape index (κ1) is 14.0. The van der Waals surface area contributed by atoms with Gasteiger partial charge in [-0.3, -0.25) is 4.79 Å². The largest absolute Gasteiger partial charge is 0.317 e. The highest BCUT2D eigenvalue weighted by molar-refractivity contribution is 7.16. The van der Waals surface area contributed by atoms with E-state index in [2.05, 4.69) is 16.7 Å². The molecule has 1 aliphatic heterocycles. The van der Waals surface area contributed by atoms with Gasteiger partial charge in [-0.25, -0.2) is 0 Å². The van der Waals surface area contributed by atoms with E-state index in [0.717, 1.165) is 36.4 Å². The number of carbonyl (C=O) groups excluding carboxylic acids is 1. The molecule has 1 aromatic rings. The number of nitrogens with zero attached hydrogens (tertiary/aromatic N) is 1. The molecule has 1 unspecified atom stereocenters. The molecule has 1 aliphatic rings. The molecule has 1 atom stereocenters. The minimum absolute atomic E-state index is 0.0199. The van der Waals surface area contributed by atoms with Crippen LogP contribution in [0.25, 0.3) is 0 Å². The number of amides is 1. The van der Waals surface area contributed by atoms with Gasteiger partial charge in [0.1, 0.15) is 11.1 Å². The summed E-state index contributed by atoms with van der Waals surface area (Å²) in [7, 11) is 0. The molecule has 1 amide bonds. The lowest BCUT2D eigenvalue weighted by molar-refractivity contribution is -0.117. The summed E-state index contributed by atoms with van der Waals surface area (Å²) in [5.74, 6) is 0.438. The standard InChI is InChI=1S/C14H19N3OS/c1-9-10(2)19-14(12(9)7-15)17-13(18)6-11-4-3-5-16-8-11/h11,16H,3-6,8H2,1-2H3,(H,17,18). The number of thiophene rings is 1. The second kappa shape index (κ2) is 6.18. The zero-order chi connectivity index (χ0) is 13.8. The van der Waals surface area contributed by atoms with Gasteiger partial charge in [0.15, 0.2) is 0 Å². The highest BCUT2D eigenvalue weighted by atomic mass is 32.1. The fraction of sp³-hybridized carbons (Fsp3) is 0.571. The monoisotopic (exact) mass is 277 g/mol. The van der Waals surface area contributed by atoms with Crippen LogP contribution in [0.15, 0.2) is 0 Å². The predicted octanol–water partition coefficient (Wildman–Crippen LogP) is 2.56. The van der Waals surface area contributed by atoms with Crippen LogP contribution in [0.4, 0.5) is 5.00 Å². The van der Waals surface area contributed by atoms with Crippen LogP contribution < -0.4 is 10.6 Å². The molecule has 0 saturated carbocycles. The fourth-order valence-electron chi connectivity index (χ4n) is 2.39. The number of hydrogen-bond donors (Lipinski definition) is 2. The van der Waals surface area contributed by atoms with E-state index < -0.39 is 0 Å². The Bertz CT molecular complexity index is 509. The summed E-state index contributed by atoms with van der Waals surface area (Å²) in [5, 5.41) is 16.1. The van der Waals surface area contributed by atoms with Gasteiger partial charge in [-0.1, -0.05) is 0 Å². The molecule has 0 aromatic carbocycles. The molecular weight excluding hydrogens is 258 g/mol. The van der Waals surface area contributed by atoms with Gasteiger partial charge in [-0.15, -0.1) is 11.3 Å². The zero-order valence-electron chi connectivity index (χ0n) is 11.4. The molecule has 5 heteroatoms. The van der Waals surface area contributed by atoms with E-state index in [1.165, 1.54) is 11.3 Å². The lowest BCUT2D eigenvalue weighted by Gasteiger charge is -2.21. The van der Waals surface area contributed by atoms with Gasteiger partial charge in [0, 0.05) is 11.3 Å². The first-order chi connectivity index (χ1) is 9.11. The predicted molar refractivity (Wildman–Crippen MR) is 77.3 cm³/mol. The molecule has 1 saturated heterocycles. The molecule has 0 aliphatic carbocycles. The zero-order valence-corrected chi connectivity index (χ0v) is 12.2. The third-order valence-corrected chi connectivity index (χ3v) is 4.75. The number of rotatable bonds is 3. The topological polar surface area (TPSA) is 64.9 Å². The lowest BCUT2D eigenvalue weighted by Crippen LogP contribution is -2.32. The summed E-state index contributed by atoms with van der Waals surface area (Å²) in [6.07, 6.45) is 2.78. The smallest absolute Gasteiger partial charge is 0.225 e. The molecule has 0 spiro atoms. The highest BCUT2D eigenvalue weighted by Gasteiger charge is 2.19. The van der Waals surface area contributed by atoms with Crippen LogP contribution in [0, 0.1) is 31.1 Å². The summed E-state index contributed by atoms with van der Waals surface area (Å²) in [6, 6.07) is 2.18. The molecule has 102 valence electrons. The van der Waals surface area contributed by atoms with Crippen LogP contribution in [-0.4, -0.2) is 19.0 Å². The van der Waals surface area contributed by atoms with Crippen molar-refractivity contribution in [2.45, 2.75) is 33.1 Å². The average Bonchev–Trinajstić information content (AvgIpc) is 2.65. The van der Waals surface area contributed by atoms with Crippen molar-refractivity contribution in [3.8, 4) is 6.07 Å². The van der Waals surface area contributed by atoms with E-state index in [4.69, 9.17) is 5.26 Å². The molecule has 2 rings (SSSR count). The molecule has 1 aromatic heterocycles. The Morgan fingerprint density at radius 1 is 1.58 bits per heavy atom. The maximum atomic E-state index is 12.0. The maximum absolute atomic E-state index is 12.0. The Morgan fingerprint density at radius 3 is 3.00 bits per heavy atom. The summed E-state index contributed by atoms with van der Waals surface area (Å²) >= 11 is 1.49. The first-order valence-electron chi connectivity index (χ1n) is 6.62. The number of nitriles is 1. The van der Waals surface area contributed by atoms with Crippen molar-refractivity contribution in [3.05, 3.63) is 16.0 Å². The summed E-state index contributed by atoms with van der Waals surface area (Å²) in [5.41, 5.74) is 1.58. The van der Waals surface area contributed by atoms with Crippen molar-refractivity contribution in [1.82, 2.24) is 5.32 Å². The van der Waals surface area contributed by atoms with Gasteiger partial charge >= 0.3 is 0 Å². The number of aryl methyl sites for hydroxylation is 1. The third kappa shape index (κ3) is 3.34. The summed E-state index contributed by atoms with van der Waals surface area (Å²) in [6.45, 7) is 5.87. The third-order valence-electron chi connectivity index (χ3n) is 3.62. The molecule has 4 nitrogen and oxygen atoms in total. The molecule has 19 heavy (non-hydrogen) atoms. The number of anilines is 1. The van der Waals surface area contributed by atoms with E-state index >= 15 is 0 Å². The van der Waals surface area contributed by atoms with Crippen LogP contribution in [0.2, 0.25) is 0 Å². The highest BCUT2D eigenvalue weighted by Crippen LogP contribution is 2.32. The normalized spacial score (nSPS) is 18.9. The van der Waals surface area contributed by atoms with Crippen LogP contribution in [-0.2, 0) is 4.79 Å². The summed E-state index contributed by atoms with van der Waals surface area (Å²) in [4.78, 5) is 13.1. The van der Waals surface area contributed by atoms with Crippen molar-refractivity contribution in [1.29, 1.82) is 5.26 Å². The Labute approximate surface area is 117 Å². The number of hydrogen-bond acceptors (Lipinski definition) is 4. The first-order valence-corrected chi connectivity index (χ1v) is 7.44. The number of piperidine rings is 1. The van der Waals surface area contributed by atoms with Crippen molar-refractivity contribution in [3.63, 3.8) is 0 Å².